The Morgan fingerprint density at radius 2 is 1.83 bits per heavy atom. The van der Waals surface area contributed by atoms with E-state index in [-0.39, 0.29) is 23.5 Å². The van der Waals surface area contributed by atoms with E-state index in [0.717, 1.165) is 19.4 Å². The third-order valence-corrected chi connectivity index (χ3v) is 4.45. The molecule has 0 radical (unpaired) electrons. The Labute approximate surface area is 171 Å². The lowest BCUT2D eigenvalue weighted by Gasteiger charge is -2.20. The van der Waals surface area contributed by atoms with Crippen molar-refractivity contribution in [2.24, 2.45) is 0 Å². The number of nitrogens with one attached hydrogen (secondary N) is 2. The van der Waals surface area contributed by atoms with Gasteiger partial charge in [0, 0.05) is 29.0 Å². The number of amides is 2. The van der Waals surface area contributed by atoms with Crippen LogP contribution >= 0.6 is 0 Å². The van der Waals surface area contributed by atoms with E-state index in [1.807, 2.05) is 20.8 Å². The van der Waals surface area contributed by atoms with E-state index in [9.17, 15) is 9.59 Å². The number of carbonyl (C=O) groups is 2. The molecule has 1 unspecified atom stereocenters. The fourth-order valence-corrected chi connectivity index (χ4v) is 3.02. The molecule has 0 spiro atoms. The molecule has 0 saturated carbocycles. The molecule has 0 aromatic heterocycles. The zero-order valence-electron chi connectivity index (χ0n) is 17.2. The molecule has 2 amide bonds. The average Bonchev–Trinajstić information content (AvgIpc) is 3.19. The fourth-order valence-electron chi connectivity index (χ4n) is 3.02. The molecule has 1 saturated heterocycles. The van der Waals surface area contributed by atoms with E-state index in [2.05, 4.69) is 10.6 Å². The maximum absolute atomic E-state index is 12.5. The Kier molecular flexibility index (Phi) is 6.54. The summed E-state index contributed by atoms with van der Waals surface area (Å²) < 4.78 is 11.3. The van der Waals surface area contributed by atoms with E-state index in [4.69, 9.17) is 9.47 Å². The van der Waals surface area contributed by atoms with Crippen molar-refractivity contribution in [2.45, 2.75) is 45.3 Å². The first kappa shape index (κ1) is 20.9. The Morgan fingerprint density at radius 1 is 1.07 bits per heavy atom. The van der Waals surface area contributed by atoms with Crippen LogP contribution in [0.5, 0.6) is 5.75 Å². The van der Waals surface area contributed by atoms with Gasteiger partial charge in [-0.1, -0.05) is 6.07 Å². The Morgan fingerprint density at radius 3 is 2.48 bits per heavy atom. The average molecular weight is 396 g/mol. The third-order valence-electron chi connectivity index (χ3n) is 4.45. The van der Waals surface area contributed by atoms with Crippen LogP contribution in [-0.2, 0) is 4.74 Å². The summed E-state index contributed by atoms with van der Waals surface area (Å²) in [5.41, 5.74) is 1.24. The van der Waals surface area contributed by atoms with Gasteiger partial charge in [-0.05, 0) is 76.1 Å². The summed E-state index contributed by atoms with van der Waals surface area (Å²) in [4.78, 5) is 24.8. The monoisotopic (exact) mass is 396 g/mol. The highest BCUT2D eigenvalue weighted by molar-refractivity contribution is 6.05. The number of ether oxygens (including phenoxy) is 2. The summed E-state index contributed by atoms with van der Waals surface area (Å²) in [6.07, 6.45) is 2.25. The molecule has 0 aliphatic carbocycles. The summed E-state index contributed by atoms with van der Waals surface area (Å²) >= 11 is 0. The number of rotatable bonds is 6. The molecule has 1 fully saturated rings. The van der Waals surface area contributed by atoms with Gasteiger partial charge in [-0.2, -0.15) is 0 Å². The summed E-state index contributed by atoms with van der Waals surface area (Å²) in [5.74, 6) is 0.281. The quantitative estimate of drug-likeness (QED) is 0.773. The summed E-state index contributed by atoms with van der Waals surface area (Å²) in [7, 11) is 0. The van der Waals surface area contributed by atoms with Crippen LogP contribution in [0.4, 0.5) is 5.69 Å². The standard InChI is InChI=1S/C23H28N2O4/c1-23(2,3)25-22(27)17-6-4-7-18(14-17)24-21(26)16-9-11-19(12-10-16)29-15-20-8-5-13-28-20/h4,6-7,9-12,14,20H,5,8,13,15H2,1-3H3,(H,24,26)(H,25,27). The molecule has 1 heterocycles. The topological polar surface area (TPSA) is 76.7 Å². The fraction of sp³-hybridized carbons (Fsp3) is 0.391. The van der Waals surface area contributed by atoms with E-state index < -0.39 is 0 Å². The minimum atomic E-state index is -0.329. The van der Waals surface area contributed by atoms with Crippen molar-refractivity contribution in [2.75, 3.05) is 18.5 Å². The Hall–Kier alpha value is -2.86. The molecule has 1 aliphatic heterocycles. The lowest BCUT2D eigenvalue weighted by atomic mass is 10.1. The van der Waals surface area contributed by atoms with Gasteiger partial charge >= 0.3 is 0 Å². The minimum Gasteiger partial charge on any atom is -0.491 e. The maximum atomic E-state index is 12.5. The van der Waals surface area contributed by atoms with Crippen molar-refractivity contribution in [3.63, 3.8) is 0 Å². The number of hydrogen-bond donors (Lipinski definition) is 2. The van der Waals surface area contributed by atoms with Gasteiger partial charge in [0.15, 0.2) is 0 Å². The van der Waals surface area contributed by atoms with Crippen LogP contribution in [-0.4, -0.2) is 36.7 Å². The molecule has 1 aliphatic rings. The first-order valence-corrected chi connectivity index (χ1v) is 9.88. The second kappa shape index (κ2) is 9.09. The van der Waals surface area contributed by atoms with E-state index in [0.29, 0.717) is 29.2 Å². The SMILES string of the molecule is CC(C)(C)NC(=O)c1cccc(NC(=O)c2ccc(OCC3CCCO3)cc2)c1. The lowest BCUT2D eigenvalue weighted by molar-refractivity contribution is 0.0679. The van der Waals surface area contributed by atoms with Crippen molar-refractivity contribution < 1.29 is 19.1 Å². The molecule has 29 heavy (non-hydrogen) atoms. The van der Waals surface area contributed by atoms with E-state index in [1.165, 1.54) is 0 Å². The number of benzene rings is 2. The second-order valence-corrected chi connectivity index (χ2v) is 8.21. The van der Waals surface area contributed by atoms with Crippen molar-refractivity contribution in [3.8, 4) is 5.75 Å². The van der Waals surface area contributed by atoms with Crippen molar-refractivity contribution in [1.29, 1.82) is 0 Å². The number of hydrogen-bond acceptors (Lipinski definition) is 4. The van der Waals surface area contributed by atoms with Crippen molar-refractivity contribution in [1.82, 2.24) is 5.32 Å². The molecule has 6 nitrogen and oxygen atoms in total. The summed E-state index contributed by atoms with van der Waals surface area (Å²) in [5, 5.41) is 5.74. The highest BCUT2D eigenvalue weighted by Crippen LogP contribution is 2.18. The zero-order chi connectivity index (χ0) is 20.9. The molecule has 2 N–H and O–H groups in total. The van der Waals surface area contributed by atoms with Gasteiger partial charge in [0.05, 0.1) is 6.10 Å². The molecule has 154 valence electrons. The molecule has 1 atom stereocenters. The third kappa shape index (κ3) is 6.32. The first-order chi connectivity index (χ1) is 13.8. The maximum Gasteiger partial charge on any atom is 0.255 e. The smallest absolute Gasteiger partial charge is 0.255 e. The van der Waals surface area contributed by atoms with E-state index >= 15 is 0 Å². The molecular formula is C23H28N2O4. The Bertz CT molecular complexity index is 850. The van der Waals surface area contributed by atoms with Crippen LogP contribution in [0.2, 0.25) is 0 Å². The molecular weight excluding hydrogens is 368 g/mol. The van der Waals surface area contributed by atoms with Crippen molar-refractivity contribution >= 4 is 17.5 Å². The second-order valence-electron chi connectivity index (χ2n) is 8.21. The van der Waals surface area contributed by atoms with Gasteiger partial charge in [-0.15, -0.1) is 0 Å². The Balaban J connectivity index is 1.58. The normalized spacial score (nSPS) is 16.3. The molecule has 2 aromatic carbocycles. The van der Waals surface area contributed by atoms with Gasteiger partial charge in [0.25, 0.3) is 11.8 Å². The summed E-state index contributed by atoms with van der Waals surface area (Å²) in [6, 6.07) is 13.9. The van der Waals surface area contributed by atoms with Crippen LogP contribution in [0.25, 0.3) is 0 Å². The van der Waals surface area contributed by atoms with Gasteiger partial charge < -0.3 is 20.1 Å². The number of carbonyl (C=O) groups excluding carboxylic acids is 2. The molecule has 0 bridgehead atoms. The predicted octanol–water partition coefficient (Wildman–Crippen LogP) is 4.03. The van der Waals surface area contributed by atoms with Crippen LogP contribution in [0.15, 0.2) is 48.5 Å². The molecule has 3 rings (SSSR count). The lowest BCUT2D eigenvalue weighted by Crippen LogP contribution is -2.40. The minimum absolute atomic E-state index is 0.153. The van der Waals surface area contributed by atoms with Gasteiger partial charge in [0.1, 0.15) is 12.4 Å². The van der Waals surface area contributed by atoms with Crippen LogP contribution < -0.4 is 15.4 Å². The molecule has 2 aromatic rings. The largest absolute Gasteiger partial charge is 0.491 e. The van der Waals surface area contributed by atoms with Crippen LogP contribution in [0.1, 0.15) is 54.3 Å². The van der Waals surface area contributed by atoms with Gasteiger partial charge in [0.2, 0.25) is 0 Å². The van der Waals surface area contributed by atoms with Crippen LogP contribution in [0, 0.1) is 0 Å². The van der Waals surface area contributed by atoms with Crippen molar-refractivity contribution in [3.05, 3.63) is 59.7 Å². The zero-order valence-corrected chi connectivity index (χ0v) is 17.2. The summed E-state index contributed by atoms with van der Waals surface area (Å²) in [6.45, 7) is 7.08. The van der Waals surface area contributed by atoms with Gasteiger partial charge in [-0.25, -0.2) is 0 Å². The predicted molar refractivity (Wildman–Crippen MR) is 113 cm³/mol. The highest BCUT2D eigenvalue weighted by atomic mass is 16.5. The van der Waals surface area contributed by atoms with Gasteiger partial charge in [-0.3, -0.25) is 9.59 Å². The molecule has 6 heteroatoms. The first-order valence-electron chi connectivity index (χ1n) is 9.88. The van der Waals surface area contributed by atoms with E-state index in [1.54, 1.807) is 48.5 Å². The highest BCUT2D eigenvalue weighted by Gasteiger charge is 2.17. The number of anilines is 1. The van der Waals surface area contributed by atoms with Crippen LogP contribution in [0.3, 0.4) is 0 Å².